The van der Waals surface area contributed by atoms with Crippen molar-refractivity contribution < 1.29 is 9.42 Å². The first-order valence-electron chi connectivity index (χ1n) is 6.10. The van der Waals surface area contributed by atoms with Crippen molar-refractivity contribution in [3.05, 3.63) is 38.8 Å². The smallest absolute Gasteiger partial charge is 0.268 e. The summed E-state index contributed by atoms with van der Waals surface area (Å²) < 4.78 is 5.47. The van der Waals surface area contributed by atoms with E-state index in [-0.39, 0.29) is 5.91 Å². The van der Waals surface area contributed by atoms with Gasteiger partial charge in [-0.3, -0.25) is 4.79 Å². The van der Waals surface area contributed by atoms with Gasteiger partial charge >= 0.3 is 0 Å². The number of benzene rings is 1. The molecule has 0 saturated heterocycles. The van der Waals surface area contributed by atoms with Gasteiger partial charge in [-0.2, -0.15) is 0 Å². The SMILES string of the molecule is CCc1nonc1NC(=O)c1sc2cc(Cl)ccc2c1Cl. The number of thiophene rings is 1. The summed E-state index contributed by atoms with van der Waals surface area (Å²) in [5.41, 5.74) is 0.587. The summed E-state index contributed by atoms with van der Waals surface area (Å²) >= 11 is 13.5. The fourth-order valence-corrected chi connectivity index (χ4v) is 3.57. The third-order valence-electron chi connectivity index (χ3n) is 2.92. The van der Waals surface area contributed by atoms with Crippen LogP contribution in [0.15, 0.2) is 22.8 Å². The van der Waals surface area contributed by atoms with Crippen molar-refractivity contribution in [3.8, 4) is 0 Å². The summed E-state index contributed by atoms with van der Waals surface area (Å²) in [5, 5.41) is 11.8. The molecule has 0 radical (unpaired) electrons. The average Bonchev–Trinajstić information content (AvgIpc) is 3.03. The molecule has 1 amide bonds. The van der Waals surface area contributed by atoms with Gasteiger partial charge in [0, 0.05) is 15.1 Å². The number of rotatable bonds is 3. The number of fused-ring (bicyclic) bond motifs is 1. The van der Waals surface area contributed by atoms with E-state index in [2.05, 4.69) is 20.3 Å². The largest absolute Gasteiger partial charge is 0.301 e. The van der Waals surface area contributed by atoms with Crippen LogP contribution in [0.2, 0.25) is 10.0 Å². The van der Waals surface area contributed by atoms with E-state index >= 15 is 0 Å². The molecular weight excluding hydrogens is 333 g/mol. The molecule has 0 fully saturated rings. The lowest BCUT2D eigenvalue weighted by Gasteiger charge is -2.00. The molecule has 1 N–H and O–H groups in total. The topological polar surface area (TPSA) is 68.0 Å². The van der Waals surface area contributed by atoms with Gasteiger partial charge in [0.05, 0.1) is 5.02 Å². The zero-order valence-electron chi connectivity index (χ0n) is 10.8. The Morgan fingerprint density at radius 2 is 2.19 bits per heavy atom. The van der Waals surface area contributed by atoms with Crippen molar-refractivity contribution >= 4 is 56.3 Å². The molecule has 0 aliphatic heterocycles. The fraction of sp³-hybridized carbons (Fsp3) is 0.154. The second kappa shape index (κ2) is 5.63. The molecule has 2 aromatic heterocycles. The monoisotopic (exact) mass is 341 g/mol. The van der Waals surface area contributed by atoms with Gasteiger partial charge in [-0.25, -0.2) is 4.63 Å². The number of hydrogen-bond donors (Lipinski definition) is 1. The van der Waals surface area contributed by atoms with Crippen LogP contribution in [-0.4, -0.2) is 16.2 Å². The number of nitrogens with zero attached hydrogens (tertiary/aromatic N) is 2. The van der Waals surface area contributed by atoms with Crippen LogP contribution >= 0.6 is 34.5 Å². The standard InChI is InChI=1S/C13H9Cl2N3O2S/c1-2-8-12(18-20-17-8)16-13(19)11-10(15)7-4-3-6(14)5-9(7)21-11/h3-5H,2H2,1H3,(H,16,18,19). The first kappa shape index (κ1) is 14.3. The van der Waals surface area contributed by atoms with Crippen LogP contribution in [0.1, 0.15) is 22.3 Å². The Hall–Kier alpha value is -1.63. The molecule has 0 aliphatic rings. The number of hydrogen-bond acceptors (Lipinski definition) is 5. The first-order chi connectivity index (χ1) is 10.1. The molecule has 0 aliphatic carbocycles. The molecule has 5 nitrogen and oxygen atoms in total. The van der Waals surface area contributed by atoms with Crippen LogP contribution < -0.4 is 5.32 Å². The molecule has 0 bridgehead atoms. The number of aromatic nitrogens is 2. The Labute approximate surface area is 133 Å². The number of aryl methyl sites for hydroxylation is 1. The third-order valence-corrected chi connectivity index (χ3v) is 4.81. The highest BCUT2D eigenvalue weighted by Crippen LogP contribution is 2.37. The van der Waals surface area contributed by atoms with Crippen molar-refractivity contribution in [1.29, 1.82) is 0 Å². The van der Waals surface area contributed by atoms with Crippen molar-refractivity contribution in [2.75, 3.05) is 5.32 Å². The Balaban J connectivity index is 1.96. The Morgan fingerprint density at radius 3 is 2.95 bits per heavy atom. The number of anilines is 1. The maximum Gasteiger partial charge on any atom is 0.268 e. The summed E-state index contributed by atoms with van der Waals surface area (Å²) in [5.74, 6) is -0.0308. The van der Waals surface area contributed by atoms with Crippen molar-refractivity contribution in [1.82, 2.24) is 10.3 Å². The van der Waals surface area contributed by atoms with Gasteiger partial charge in [0.2, 0.25) is 5.82 Å². The van der Waals surface area contributed by atoms with E-state index in [1.807, 2.05) is 6.92 Å². The molecule has 3 rings (SSSR count). The molecule has 0 atom stereocenters. The maximum absolute atomic E-state index is 12.3. The van der Waals surface area contributed by atoms with Gasteiger partial charge < -0.3 is 5.32 Å². The number of nitrogens with one attached hydrogen (secondary N) is 1. The minimum Gasteiger partial charge on any atom is -0.301 e. The van der Waals surface area contributed by atoms with Gasteiger partial charge in [-0.05, 0) is 23.7 Å². The molecule has 0 spiro atoms. The van der Waals surface area contributed by atoms with E-state index in [0.29, 0.717) is 32.9 Å². The van der Waals surface area contributed by atoms with Gasteiger partial charge in [0.1, 0.15) is 10.6 Å². The lowest BCUT2D eigenvalue weighted by molar-refractivity contribution is 0.102. The zero-order valence-corrected chi connectivity index (χ0v) is 13.1. The van der Waals surface area contributed by atoms with Crippen molar-refractivity contribution in [2.45, 2.75) is 13.3 Å². The quantitative estimate of drug-likeness (QED) is 0.766. The fourth-order valence-electron chi connectivity index (χ4n) is 1.88. The molecule has 0 unspecified atom stereocenters. The van der Waals surface area contributed by atoms with Crippen molar-refractivity contribution in [3.63, 3.8) is 0 Å². The van der Waals surface area contributed by atoms with Crippen LogP contribution in [0.4, 0.5) is 5.82 Å². The van der Waals surface area contributed by atoms with Gasteiger partial charge in [0.15, 0.2) is 0 Å². The number of carbonyl (C=O) groups excluding carboxylic acids is 1. The average molecular weight is 342 g/mol. The van der Waals surface area contributed by atoms with E-state index in [4.69, 9.17) is 23.2 Å². The summed E-state index contributed by atoms with van der Waals surface area (Å²) in [6.07, 6.45) is 0.606. The summed E-state index contributed by atoms with van der Waals surface area (Å²) in [6, 6.07) is 5.31. The second-order valence-corrected chi connectivity index (χ2v) is 6.12. The predicted octanol–water partition coefficient (Wildman–Crippen LogP) is 4.41. The summed E-state index contributed by atoms with van der Waals surface area (Å²) in [7, 11) is 0. The molecule has 8 heteroatoms. The lowest BCUT2D eigenvalue weighted by Crippen LogP contribution is -2.12. The highest BCUT2D eigenvalue weighted by atomic mass is 35.5. The predicted molar refractivity (Wildman–Crippen MR) is 83.5 cm³/mol. The molecule has 1 aromatic carbocycles. The molecular formula is C13H9Cl2N3O2S. The van der Waals surface area contributed by atoms with Gasteiger partial charge in [0.25, 0.3) is 5.91 Å². The Kier molecular flexibility index (Phi) is 3.84. The molecule has 21 heavy (non-hydrogen) atoms. The Bertz CT molecular complexity index is 828. The number of halogens is 2. The molecule has 108 valence electrons. The van der Waals surface area contributed by atoms with E-state index in [1.165, 1.54) is 11.3 Å². The van der Waals surface area contributed by atoms with Gasteiger partial charge in [-0.15, -0.1) is 11.3 Å². The van der Waals surface area contributed by atoms with Crippen LogP contribution in [0.3, 0.4) is 0 Å². The molecule has 2 heterocycles. The maximum atomic E-state index is 12.3. The summed E-state index contributed by atoms with van der Waals surface area (Å²) in [4.78, 5) is 12.7. The highest BCUT2D eigenvalue weighted by Gasteiger charge is 2.20. The van der Waals surface area contributed by atoms with Crippen LogP contribution in [0, 0.1) is 0 Å². The normalized spacial score (nSPS) is 11.0. The van der Waals surface area contributed by atoms with E-state index in [9.17, 15) is 4.79 Å². The third kappa shape index (κ3) is 2.62. The second-order valence-electron chi connectivity index (χ2n) is 4.25. The van der Waals surface area contributed by atoms with E-state index in [0.717, 1.165) is 10.1 Å². The lowest BCUT2D eigenvalue weighted by atomic mass is 10.2. The molecule has 3 aromatic rings. The summed E-state index contributed by atoms with van der Waals surface area (Å²) in [6.45, 7) is 1.89. The highest BCUT2D eigenvalue weighted by molar-refractivity contribution is 7.21. The van der Waals surface area contributed by atoms with E-state index < -0.39 is 0 Å². The number of amides is 1. The van der Waals surface area contributed by atoms with Crippen LogP contribution in [0.5, 0.6) is 0 Å². The molecule has 0 saturated carbocycles. The minimum absolute atomic E-state index is 0.314. The zero-order chi connectivity index (χ0) is 15.0. The van der Waals surface area contributed by atoms with Gasteiger partial charge in [-0.1, -0.05) is 41.3 Å². The first-order valence-corrected chi connectivity index (χ1v) is 7.67. The van der Waals surface area contributed by atoms with Crippen LogP contribution in [-0.2, 0) is 6.42 Å². The van der Waals surface area contributed by atoms with Crippen LogP contribution in [0.25, 0.3) is 10.1 Å². The Morgan fingerprint density at radius 1 is 1.38 bits per heavy atom. The number of carbonyl (C=O) groups is 1. The van der Waals surface area contributed by atoms with Crippen molar-refractivity contribution in [2.24, 2.45) is 0 Å². The minimum atomic E-state index is -0.345. The van der Waals surface area contributed by atoms with E-state index in [1.54, 1.807) is 18.2 Å².